The number of fused-ring (bicyclic) bond motifs is 2. The van der Waals surface area contributed by atoms with Gasteiger partial charge in [-0.2, -0.15) is 7.11 Å². The van der Waals surface area contributed by atoms with E-state index < -0.39 is 0 Å². The first-order chi connectivity index (χ1) is 17.1. The van der Waals surface area contributed by atoms with E-state index in [4.69, 9.17) is 14.9 Å². The van der Waals surface area contributed by atoms with Crippen molar-refractivity contribution >= 4 is 5.82 Å². The van der Waals surface area contributed by atoms with Crippen molar-refractivity contribution in [3.05, 3.63) is 52.5 Å². The number of hydrogen-bond acceptors (Lipinski definition) is 6. The van der Waals surface area contributed by atoms with Crippen LogP contribution in [0.2, 0.25) is 0 Å². The summed E-state index contributed by atoms with van der Waals surface area (Å²) in [6.45, 7) is 7.37. The Morgan fingerprint density at radius 2 is 1.94 bits per heavy atom. The minimum Gasteiger partial charge on any atom is -0.857 e. The van der Waals surface area contributed by atoms with Gasteiger partial charge in [0, 0.05) is 31.5 Å². The number of aromatic nitrogens is 1. The Bertz CT molecular complexity index is 925. The van der Waals surface area contributed by atoms with Crippen molar-refractivity contribution in [1.82, 2.24) is 9.88 Å². The summed E-state index contributed by atoms with van der Waals surface area (Å²) in [5.74, 6) is 2.20. The number of aryl methyl sites for hydroxylation is 2. The number of hydrogen-bond donors (Lipinski definition) is 2. The van der Waals surface area contributed by atoms with Crippen LogP contribution in [0.15, 0.2) is 24.3 Å². The second kappa shape index (κ2) is 17.1. The molecule has 0 radical (unpaired) electrons. The Labute approximate surface area is 258 Å². The number of likely N-dealkylation sites (tertiary alicyclic amines) is 1. The third kappa shape index (κ3) is 9.62. The van der Waals surface area contributed by atoms with Gasteiger partial charge in [0.05, 0.1) is 6.61 Å². The number of aliphatic hydroxyl groups excluding tert-OH is 1. The average Bonchev–Trinajstić information content (AvgIpc) is 3.39. The molecule has 0 bridgehead atoms. The predicted molar refractivity (Wildman–Crippen MR) is 136 cm³/mol. The van der Waals surface area contributed by atoms with Crippen LogP contribution >= 0.6 is 0 Å². The van der Waals surface area contributed by atoms with Crippen LogP contribution in [-0.4, -0.2) is 54.9 Å². The summed E-state index contributed by atoms with van der Waals surface area (Å²) in [4.78, 5) is 7.00. The number of unbranched alkanes of at least 4 members (excludes halogenated alkanes) is 1. The van der Waals surface area contributed by atoms with Gasteiger partial charge in [0.15, 0.2) is 0 Å². The van der Waals surface area contributed by atoms with Crippen LogP contribution in [0, 0.1) is 11.7 Å². The number of halogens is 1. The standard InChI is InChI=1S/C15H20FNO.C12H18N2O.CH3O.K/c1-11-6-14-12(9-17-4-2-3-5-17)7-13(16)8-15(14)18-10-11;15-9-2-1-5-11-7-6-10-4-3-8-13-12(10)14-11;1-2;/h7-8,11H,2-6,9-10H2,1H3;6-7,15H,1-5,8-9H2,(H,13,14);1H3;/q;;-1;+1. The second-order valence-corrected chi connectivity index (χ2v) is 9.67. The molecule has 1 aromatic heterocycles. The fourth-order valence-corrected chi connectivity index (χ4v) is 4.91. The smallest absolute Gasteiger partial charge is 0.857 e. The molecular weight excluding hydrogens is 484 g/mol. The number of pyridine rings is 1. The summed E-state index contributed by atoms with van der Waals surface area (Å²) in [6, 6.07) is 7.53. The minimum absolute atomic E-state index is 0. The third-order valence-electron chi connectivity index (χ3n) is 6.73. The number of aliphatic hydroxyl groups is 1. The van der Waals surface area contributed by atoms with Gasteiger partial charge in [0.2, 0.25) is 0 Å². The number of ether oxygens (including phenoxy) is 1. The molecule has 0 spiro atoms. The maximum Gasteiger partial charge on any atom is 1.00 e. The zero-order chi connectivity index (χ0) is 25.0. The summed E-state index contributed by atoms with van der Waals surface area (Å²) in [7, 11) is 0.750. The second-order valence-electron chi connectivity index (χ2n) is 9.67. The molecule has 4 heterocycles. The van der Waals surface area contributed by atoms with Gasteiger partial charge in [-0.1, -0.05) is 13.0 Å². The molecule has 2 N–H and O–H groups in total. The van der Waals surface area contributed by atoms with E-state index in [0.29, 0.717) is 12.5 Å². The van der Waals surface area contributed by atoms with E-state index in [9.17, 15) is 4.39 Å². The molecule has 6 nitrogen and oxygen atoms in total. The molecule has 36 heavy (non-hydrogen) atoms. The topological polar surface area (TPSA) is 80.7 Å². The number of benzene rings is 1. The molecule has 3 aliphatic rings. The number of nitrogens with one attached hydrogen (secondary N) is 1. The molecule has 194 valence electrons. The van der Waals surface area contributed by atoms with Crippen LogP contribution in [0.5, 0.6) is 5.75 Å². The van der Waals surface area contributed by atoms with Gasteiger partial charge in [-0.25, -0.2) is 9.37 Å². The monoisotopic (exact) mass is 525 g/mol. The van der Waals surface area contributed by atoms with Gasteiger partial charge in [-0.05, 0) is 99.2 Å². The van der Waals surface area contributed by atoms with Crippen molar-refractivity contribution in [3.8, 4) is 5.75 Å². The predicted octanol–water partition coefficient (Wildman–Crippen LogP) is 0.728. The van der Waals surface area contributed by atoms with Crippen LogP contribution in [0.25, 0.3) is 0 Å². The minimum atomic E-state index is -0.169. The third-order valence-corrected chi connectivity index (χ3v) is 6.73. The molecule has 1 atom stereocenters. The van der Waals surface area contributed by atoms with E-state index in [-0.39, 0.29) is 63.8 Å². The Kier molecular flexibility index (Phi) is 15.0. The van der Waals surface area contributed by atoms with Gasteiger partial charge in [0.1, 0.15) is 17.4 Å². The SMILES string of the molecule is CC1COc2cc(F)cc(CN3CCCC3)c2C1.C[O-].OCCCCc1ccc2c(n1)NCCC2.[K+]. The summed E-state index contributed by atoms with van der Waals surface area (Å²) >= 11 is 0. The molecule has 0 amide bonds. The van der Waals surface area contributed by atoms with Crippen molar-refractivity contribution in [2.75, 3.05) is 45.3 Å². The van der Waals surface area contributed by atoms with Gasteiger partial charge in [0.25, 0.3) is 0 Å². The first kappa shape index (κ1) is 31.6. The molecule has 1 aromatic carbocycles. The summed E-state index contributed by atoms with van der Waals surface area (Å²) < 4.78 is 19.3. The fraction of sp³-hybridized carbons (Fsp3) is 0.607. The van der Waals surface area contributed by atoms with Crippen molar-refractivity contribution in [2.45, 2.75) is 64.8 Å². The molecular formula is C28H41FKN3O3. The molecule has 0 aliphatic carbocycles. The zero-order valence-corrected chi connectivity index (χ0v) is 25.4. The first-order valence-electron chi connectivity index (χ1n) is 13.0. The maximum absolute atomic E-state index is 13.6. The summed E-state index contributed by atoms with van der Waals surface area (Å²) in [6.07, 6.45) is 8.75. The van der Waals surface area contributed by atoms with Crippen molar-refractivity contribution in [3.63, 3.8) is 0 Å². The Morgan fingerprint density at radius 3 is 2.69 bits per heavy atom. The average molecular weight is 526 g/mol. The van der Waals surface area contributed by atoms with Crippen LogP contribution in [0.3, 0.4) is 0 Å². The van der Waals surface area contributed by atoms with Crippen molar-refractivity contribution < 1.29 is 70.7 Å². The number of rotatable bonds is 6. The summed E-state index contributed by atoms with van der Waals surface area (Å²) in [5, 5.41) is 20.3. The van der Waals surface area contributed by atoms with Crippen LogP contribution in [0.4, 0.5) is 10.2 Å². The fourth-order valence-electron chi connectivity index (χ4n) is 4.91. The first-order valence-corrected chi connectivity index (χ1v) is 13.0. The summed E-state index contributed by atoms with van der Waals surface area (Å²) in [5.41, 5.74) is 4.82. The molecule has 8 heteroatoms. The van der Waals surface area contributed by atoms with Gasteiger partial charge < -0.3 is 20.3 Å². The quantitative estimate of drug-likeness (QED) is 0.428. The molecule has 1 saturated heterocycles. The Balaban J connectivity index is 0.000000235. The van der Waals surface area contributed by atoms with Gasteiger partial charge in [-0.15, -0.1) is 0 Å². The Morgan fingerprint density at radius 1 is 1.17 bits per heavy atom. The van der Waals surface area contributed by atoms with Gasteiger partial charge in [-0.3, -0.25) is 4.90 Å². The number of anilines is 1. The molecule has 3 aliphatic heterocycles. The molecule has 5 rings (SSSR count). The number of nitrogens with zero attached hydrogens (tertiary/aromatic N) is 2. The van der Waals surface area contributed by atoms with E-state index in [1.807, 2.05) is 0 Å². The van der Waals surface area contributed by atoms with E-state index in [1.54, 1.807) is 6.07 Å². The van der Waals surface area contributed by atoms with Crippen LogP contribution in [-0.2, 0) is 25.8 Å². The molecule has 2 aromatic rings. The molecule has 1 unspecified atom stereocenters. The normalized spacial score (nSPS) is 18.1. The molecule has 0 saturated carbocycles. The largest absolute Gasteiger partial charge is 1.00 e. The van der Waals surface area contributed by atoms with E-state index >= 15 is 0 Å². The maximum atomic E-state index is 13.6. The van der Waals surface area contributed by atoms with Crippen LogP contribution < -0.4 is 66.5 Å². The van der Waals surface area contributed by atoms with Crippen molar-refractivity contribution in [1.29, 1.82) is 0 Å². The zero-order valence-electron chi connectivity index (χ0n) is 22.3. The van der Waals surface area contributed by atoms with E-state index in [2.05, 4.69) is 34.3 Å². The van der Waals surface area contributed by atoms with E-state index in [0.717, 1.165) is 88.2 Å². The van der Waals surface area contributed by atoms with Crippen LogP contribution in [0.1, 0.15) is 61.4 Å². The van der Waals surface area contributed by atoms with Gasteiger partial charge >= 0.3 is 51.4 Å². The Hall–Kier alpha value is -0.584. The van der Waals surface area contributed by atoms with Crippen molar-refractivity contribution in [2.24, 2.45) is 5.92 Å². The van der Waals surface area contributed by atoms with E-state index in [1.165, 1.54) is 36.5 Å². The molecule has 1 fully saturated rings.